The van der Waals surface area contributed by atoms with Crippen molar-refractivity contribution in [2.24, 2.45) is 0 Å². The van der Waals surface area contributed by atoms with Crippen molar-refractivity contribution in [3.05, 3.63) is 88.7 Å². The Morgan fingerprint density at radius 2 is 1.81 bits per heavy atom. The van der Waals surface area contributed by atoms with Gasteiger partial charge in [0.15, 0.2) is 0 Å². The summed E-state index contributed by atoms with van der Waals surface area (Å²) in [6, 6.07) is 22.7. The van der Waals surface area contributed by atoms with Gasteiger partial charge in [-0.2, -0.15) is 0 Å². The first-order valence-electron chi connectivity index (χ1n) is 9.89. The van der Waals surface area contributed by atoms with Gasteiger partial charge in [0.1, 0.15) is 23.9 Å². The van der Waals surface area contributed by atoms with Crippen molar-refractivity contribution in [1.82, 2.24) is 14.9 Å². The SMILES string of the molecule is COc1cccc(OCCn2c(CNC(=O)c3ccc(Br)cc3)nc3ccccc32)c1. The number of hydrogen-bond acceptors (Lipinski definition) is 4. The predicted molar refractivity (Wildman–Crippen MR) is 124 cm³/mol. The van der Waals surface area contributed by atoms with Crippen molar-refractivity contribution >= 4 is 32.9 Å². The number of amides is 1. The molecule has 1 aromatic heterocycles. The summed E-state index contributed by atoms with van der Waals surface area (Å²) in [5, 5.41) is 2.96. The number of carbonyl (C=O) groups is 1. The second kappa shape index (κ2) is 9.66. The zero-order chi connectivity index (χ0) is 21.6. The molecule has 0 saturated heterocycles. The highest BCUT2D eigenvalue weighted by atomic mass is 79.9. The van der Waals surface area contributed by atoms with Crippen LogP contribution < -0.4 is 14.8 Å². The maximum Gasteiger partial charge on any atom is 0.251 e. The van der Waals surface area contributed by atoms with Crippen LogP contribution in [0.15, 0.2) is 77.3 Å². The lowest BCUT2D eigenvalue weighted by Gasteiger charge is -2.12. The molecule has 4 rings (SSSR count). The van der Waals surface area contributed by atoms with E-state index in [4.69, 9.17) is 14.5 Å². The molecule has 3 aromatic carbocycles. The van der Waals surface area contributed by atoms with E-state index in [0.717, 1.165) is 32.8 Å². The van der Waals surface area contributed by atoms with Gasteiger partial charge in [-0.25, -0.2) is 4.98 Å². The third-order valence-corrected chi connectivity index (χ3v) is 5.40. The number of benzene rings is 3. The fourth-order valence-corrected chi connectivity index (χ4v) is 3.58. The maximum atomic E-state index is 12.5. The molecule has 0 atom stereocenters. The Hall–Kier alpha value is -3.32. The predicted octanol–water partition coefficient (Wildman–Crippen LogP) is 4.82. The topological polar surface area (TPSA) is 65.4 Å². The zero-order valence-corrected chi connectivity index (χ0v) is 18.6. The summed E-state index contributed by atoms with van der Waals surface area (Å²) in [5.74, 6) is 2.13. The Morgan fingerprint density at radius 3 is 2.61 bits per heavy atom. The molecule has 1 heterocycles. The summed E-state index contributed by atoms with van der Waals surface area (Å²) in [5.41, 5.74) is 2.49. The molecular weight excluding hydrogens is 458 g/mol. The molecule has 0 aliphatic heterocycles. The van der Waals surface area contributed by atoms with Crippen molar-refractivity contribution < 1.29 is 14.3 Å². The Morgan fingerprint density at radius 1 is 1.03 bits per heavy atom. The second-order valence-corrected chi connectivity index (χ2v) is 7.80. The molecule has 0 bridgehead atoms. The first-order chi connectivity index (χ1) is 15.1. The van der Waals surface area contributed by atoms with E-state index < -0.39 is 0 Å². The van der Waals surface area contributed by atoms with Crippen LogP contribution >= 0.6 is 15.9 Å². The summed E-state index contributed by atoms with van der Waals surface area (Å²) in [4.78, 5) is 17.2. The number of para-hydroxylation sites is 2. The Balaban J connectivity index is 1.47. The van der Waals surface area contributed by atoms with Crippen molar-refractivity contribution in [1.29, 1.82) is 0 Å². The van der Waals surface area contributed by atoms with E-state index in [1.165, 1.54) is 0 Å². The van der Waals surface area contributed by atoms with Gasteiger partial charge in [-0.05, 0) is 48.5 Å². The standard InChI is InChI=1S/C24H22BrN3O3/c1-30-19-5-4-6-20(15-19)31-14-13-28-22-8-3-2-7-21(22)27-23(28)16-26-24(29)17-9-11-18(25)12-10-17/h2-12,15H,13-14,16H2,1H3,(H,26,29). The van der Waals surface area contributed by atoms with Crippen LogP contribution in [0.25, 0.3) is 11.0 Å². The second-order valence-electron chi connectivity index (χ2n) is 6.89. The molecule has 0 fully saturated rings. The summed E-state index contributed by atoms with van der Waals surface area (Å²) in [6.45, 7) is 1.38. The van der Waals surface area contributed by atoms with E-state index in [2.05, 4.69) is 25.8 Å². The average Bonchev–Trinajstić information content (AvgIpc) is 3.15. The molecule has 0 aliphatic carbocycles. The third-order valence-electron chi connectivity index (χ3n) is 4.87. The normalized spacial score (nSPS) is 10.8. The molecule has 0 radical (unpaired) electrons. The molecule has 6 nitrogen and oxygen atoms in total. The third kappa shape index (κ3) is 5.06. The van der Waals surface area contributed by atoms with E-state index >= 15 is 0 Å². The number of ether oxygens (including phenoxy) is 2. The van der Waals surface area contributed by atoms with Crippen LogP contribution in [0, 0.1) is 0 Å². The smallest absolute Gasteiger partial charge is 0.251 e. The van der Waals surface area contributed by atoms with Crippen molar-refractivity contribution in [2.45, 2.75) is 13.1 Å². The van der Waals surface area contributed by atoms with Crippen LogP contribution in [0.2, 0.25) is 0 Å². The highest BCUT2D eigenvalue weighted by Crippen LogP contribution is 2.20. The van der Waals surface area contributed by atoms with Crippen LogP contribution in [0.1, 0.15) is 16.2 Å². The lowest BCUT2D eigenvalue weighted by molar-refractivity contribution is 0.0949. The van der Waals surface area contributed by atoms with Crippen molar-refractivity contribution in [3.8, 4) is 11.5 Å². The number of halogens is 1. The van der Waals surface area contributed by atoms with Crippen LogP contribution in [0.4, 0.5) is 0 Å². The van der Waals surface area contributed by atoms with Gasteiger partial charge in [-0.3, -0.25) is 4.79 Å². The largest absolute Gasteiger partial charge is 0.497 e. The highest BCUT2D eigenvalue weighted by Gasteiger charge is 2.13. The number of carbonyl (C=O) groups excluding carboxylic acids is 1. The number of nitrogens with one attached hydrogen (secondary N) is 1. The monoisotopic (exact) mass is 479 g/mol. The molecule has 1 amide bonds. The lowest BCUT2D eigenvalue weighted by Crippen LogP contribution is -2.25. The van der Waals surface area contributed by atoms with Gasteiger partial charge in [-0.15, -0.1) is 0 Å². The summed E-state index contributed by atoms with van der Waals surface area (Å²) < 4.78 is 14.2. The Kier molecular flexibility index (Phi) is 6.52. The quantitative estimate of drug-likeness (QED) is 0.393. The van der Waals surface area contributed by atoms with Crippen LogP contribution in [0.5, 0.6) is 11.5 Å². The summed E-state index contributed by atoms with van der Waals surface area (Å²) in [6.07, 6.45) is 0. The van der Waals surface area contributed by atoms with Gasteiger partial charge < -0.3 is 19.4 Å². The lowest BCUT2D eigenvalue weighted by atomic mass is 10.2. The molecule has 1 N–H and O–H groups in total. The van der Waals surface area contributed by atoms with Crippen LogP contribution in [-0.4, -0.2) is 29.2 Å². The Labute approximate surface area is 188 Å². The zero-order valence-electron chi connectivity index (χ0n) is 17.0. The van der Waals surface area contributed by atoms with E-state index in [1.807, 2.05) is 60.7 Å². The molecule has 7 heteroatoms. The molecule has 4 aromatic rings. The summed E-state index contributed by atoms with van der Waals surface area (Å²) in [7, 11) is 1.63. The van der Waals surface area contributed by atoms with E-state index in [9.17, 15) is 4.79 Å². The fraction of sp³-hybridized carbons (Fsp3) is 0.167. The molecule has 158 valence electrons. The van der Waals surface area contributed by atoms with Gasteiger partial charge in [0.2, 0.25) is 0 Å². The van der Waals surface area contributed by atoms with Gasteiger partial charge >= 0.3 is 0 Å². The minimum atomic E-state index is -0.140. The number of fused-ring (bicyclic) bond motifs is 1. The number of aromatic nitrogens is 2. The maximum absolute atomic E-state index is 12.5. The van der Waals surface area contributed by atoms with E-state index in [-0.39, 0.29) is 5.91 Å². The number of nitrogens with zero attached hydrogens (tertiary/aromatic N) is 2. The molecule has 0 aliphatic rings. The molecule has 0 saturated carbocycles. The van der Waals surface area contributed by atoms with Gasteiger partial charge in [0, 0.05) is 16.1 Å². The number of hydrogen-bond donors (Lipinski definition) is 1. The van der Waals surface area contributed by atoms with Crippen LogP contribution in [0.3, 0.4) is 0 Å². The minimum Gasteiger partial charge on any atom is -0.497 e. The van der Waals surface area contributed by atoms with Gasteiger partial charge in [0.25, 0.3) is 5.91 Å². The van der Waals surface area contributed by atoms with Crippen LogP contribution in [-0.2, 0) is 13.1 Å². The highest BCUT2D eigenvalue weighted by molar-refractivity contribution is 9.10. The van der Waals surface area contributed by atoms with E-state index in [0.29, 0.717) is 25.3 Å². The van der Waals surface area contributed by atoms with Gasteiger partial charge in [0.05, 0.1) is 31.2 Å². The van der Waals surface area contributed by atoms with E-state index in [1.54, 1.807) is 19.2 Å². The molecular formula is C24H22BrN3O3. The molecule has 0 spiro atoms. The number of rotatable bonds is 8. The first kappa shape index (κ1) is 20.9. The van der Waals surface area contributed by atoms with Crippen molar-refractivity contribution in [2.75, 3.05) is 13.7 Å². The minimum absolute atomic E-state index is 0.140. The summed E-state index contributed by atoms with van der Waals surface area (Å²) >= 11 is 3.38. The van der Waals surface area contributed by atoms with Crippen molar-refractivity contribution in [3.63, 3.8) is 0 Å². The van der Waals surface area contributed by atoms with Gasteiger partial charge in [-0.1, -0.05) is 34.1 Å². The number of methoxy groups -OCH3 is 1. The average molecular weight is 480 g/mol. The number of imidazole rings is 1. The fourth-order valence-electron chi connectivity index (χ4n) is 3.32. The first-order valence-corrected chi connectivity index (χ1v) is 10.7. The molecule has 31 heavy (non-hydrogen) atoms. The molecule has 0 unspecified atom stereocenters. The Bertz CT molecular complexity index is 1190.